The van der Waals surface area contributed by atoms with Gasteiger partial charge in [0.15, 0.2) is 6.10 Å². The predicted molar refractivity (Wildman–Crippen MR) is 187 cm³/mol. The summed E-state index contributed by atoms with van der Waals surface area (Å²) in [7, 11) is 2.02. The number of pyridine rings is 2. The van der Waals surface area contributed by atoms with Crippen molar-refractivity contribution < 1.29 is 19.0 Å². The van der Waals surface area contributed by atoms with Gasteiger partial charge in [-0.2, -0.15) is 0 Å². The van der Waals surface area contributed by atoms with Crippen LogP contribution in [0, 0.1) is 26.2 Å². The molecule has 1 aliphatic rings. The average Bonchev–Trinajstić information content (AvgIpc) is 2.96. The Labute approximate surface area is 276 Å². The molecule has 2 aromatic heterocycles. The van der Waals surface area contributed by atoms with Crippen molar-refractivity contribution in [2.24, 2.45) is 5.41 Å². The third-order valence-corrected chi connectivity index (χ3v) is 8.48. The molecule has 0 aliphatic carbocycles. The highest BCUT2D eigenvalue weighted by atomic mass is 16.6. The molecule has 1 aliphatic heterocycles. The van der Waals surface area contributed by atoms with Crippen molar-refractivity contribution in [1.29, 1.82) is 0 Å². The molecular weight excluding hydrogens is 576 g/mol. The molecule has 0 amide bonds. The van der Waals surface area contributed by atoms with Gasteiger partial charge in [-0.25, -0.2) is 9.78 Å². The van der Waals surface area contributed by atoms with Crippen LogP contribution in [0.3, 0.4) is 0 Å². The molecule has 46 heavy (non-hydrogen) atoms. The molecule has 0 radical (unpaired) electrons. The first-order chi connectivity index (χ1) is 21.5. The smallest absolute Gasteiger partial charge is 0.340 e. The average molecular weight is 631 g/mol. The number of ether oxygens (including phenoxy) is 3. The summed E-state index contributed by atoms with van der Waals surface area (Å²) in [5, 5.41) is 0. The van der Waals surface area contributed by atoms with Crippen molar-refractivity contribution >= 4 is 17.5 Å². The van der Waals surface area contributed by atoms with Gasteiger partial charge in [0.25, 0.3) is 0 Å². The molecule has 4 rings (SSSR count). The van der Waals surface area contributed by atoms with Gasteiger partial charge in [-0.1, -0.05) is 31.5 Å². The van der Waals surface area contributed by atoms with E-state index in [0.29, 0.717) is 13.2 Å². The number of anilines is 2. The van der Waals surface area contributed by atoms with Crippen LogP contribution < -0.4 is 14.5 Å². The van der Waals surface area contributed by atoms with Crippen LogP contribution >= 0.6 is 0 Å². The van der Waals surface area contributed by atoms with E-state index < -0.39 is 17.7 Å². The number of rotatable bonds is 11. The minimum atomic E-state index is -0.921. The third kappa shape index (κ3) is 8.99. The van der Waals surface area contributed by atoms with Crippen molar-refractivity contribution in [3.8, 4) is 16.9 Å². The van der Waals surface area contributed by atoms with E-state index in [-0.39, 0.29) is 11.5 Å². The SMILES string of the molecule is Cc1ccc(OCCN(C)c2ccc(-c3cnc(C)c([C@H](OC(C)(C)C)C(=O)OC(C)C)c3N3CCC(C)(C)CC3)cn2)c(C)c1. The highest BCUT2D eigenvalue weighted by Gasteiger charge is 2.37. The molecule has 1 saturated heterocycles. The first-order valence-electron chi connectivity index (χ1n) is 16.5. The van der Waals surface area contributed by atoms with Gasteiger partial charge in [0.05, 0.1) is 23.9 Å². The lowest BCUT2D eigenvalue weighted by Crippen LogP contribution is -2.39. The number of aromatic nitrogens is 2. The maximum absolute atomic E-state index is 13.7. The monoisotopic (exact) mass is 630 g/mol. The van der Waals surface area contributed by atoms with Crippen LogP contribution in [0.4, 0.5) is 11.5 Å². The first kappa shape index (κ1) is 35.2. The zero-order chi connectivity index (χ0) is 33.8. The second kappa shape index (κ2) is 14.4. The van der Waals surface area contributed by atoms with Crippen molar-refractivity contribution in [1.82, 2.24) is 9.97 Å². The Bertz CT molecular complexity index is 1480. The third-order valence-electron chi connectivity index (χ3n) is 8.48. The number of nitrogens with zero attached hydrogens (tertiary/aromatic N) is 4. The molecule has 1 aromatic carbocycles. The molecule has 3 aromatic rings. The molecule has 0 saturated carbocycles. The summed E-state index contributed by atoms with van der Waals surface area (Å²) < 4.78 is 18.3. The summed E-state index contributed by atoms with van der Waals surface area (Å²) >= 11 is 0. The molecular formula is C38H54N4O4. The minimum Gasteiger partial charge on any atom is -0.491 e. The Kier molecular flexibility index (Phi) is 11.0. The summed E-state index contributed by atoms with van der Waals surface area (Å²) in [4.78, 5) is 27.8. The maximum Gasteiger partial charge on any atom is 0.340 e. The van der Waals surface area contributed by atoms with Gasteiger partial charge in [-0.05, 0) is 97.4 Å². The summed E-state index contributed by atoms with van der Waals surface area (Å²) in [5.41, 5.74) is 6.40. The number of piperidine rings is 1. The van der Waals surface area contributed by atoms with Gasteiger partial charge in [-0.3, -0.25) is 4.98 Å². The van der Waals surface area contributed by atoms with Crippen LogP contribution in [-0.4, -0.2) is 60.9 Å². The van der Waals surface area contributed by atoms with E-state index in [1.54, 1.807) is 0 Å². The fraction of sp³-hybridized carbons (Fsp3) is 0.553. The molecule has 8 heteroatoms. The minimum absolute atomic E-state index is 0.256. The molecule has 0 bridgehead atoms. The fourth-order valence-corrected chi connectivity index (χ4v) is 5.82. The molecule has 0 unspecified atom stereocenters. The van der Waals surface area contributed by atoms with Gasteiger partial charge >= 0.3 is 5.97 Å². The second-order valence-corrected chi connectivity index (χ2v) is 14.7. The van der Waals surface area contributed by atoms with Crippen molar-refractivity contribution in [3.05, 3.63) is 65.1 Å². The van der Waals surface area contributed by atoms with E-state index in [1.165, 1.54) is 5.56 Å². The Balaban J connectivity index is 1.68. The molecule has 8 nitrogen and oxygen atoms in total. The number of carbonyl (C=O) groups is 1. The molecule has 1 atom stereocenters. The Morgan fingerprint density at radius 2 is 1.72 bits per heavy atom. The normalized spacial score (nSPS) is 15.5. The highest BCUT2D eigenvalue weighted by Crippen LogP contribution is 2.43. The molecule has 250 valence electrons. The largest absolute Gasteiger partial charge is 0.491 e. The number of esters is 1. The Hall–Kier alpha value is -3.65. The summed E-state index contributed by atoms with van der Waals surface area (Å²) in [6, 6.07) is 10.4. The lowest BCUT2D eigenvalue weighted by atomic mass is 9.82. The van der Waals surface area contributed by atoms with Gasteiger partial charge in [-0.15, -0.1) is 0 Å². The number of carbonyl (C=O) groups excluding carboxylic acids is 1. The van der Waals surface area contributed by atoms with E-state index in [0.717, 1.165) is 71.1 Å². The summed E-state index contributed by atoms with van der Waals surface area (Å²) in [6.45, 7) is 23.3. The van der Waals surface area contributed by atoms with E-state index in [9.17, 15) is 4.79 Å². The quantitative estimate of drug-likeness (QED) is 0.197. The van der Waals surface area contributed by atoms with Crippen LogP contribution in [0.2, 0.25) is 0 Å². The molecule has 0 N–H and O–H groups in total. The standard InChI is InChI=1S/C38H54N4O4/c1-25(2)45-36(43)35(46-37(6,7)8)33-28(5)39-24-30(34(33)42-18-16-38(9,10)17-19-42)29-13-15-32(40-23-29)41(11)20-21-44-31-14-12-26(3)22-27(31)4/h12-15,22-25,35H,16-21H2,1-11H3/t35-/m0/s1. The fourth-order valence-electron chi connectivity index (χ4n) is 5.82. The molecule has 3 heterocycles. The van der Waals surface area contributed by atoms with Crippen LogP contribution in [0.5, 0.6) is 5.75 Å². The predicted octanol–water partition coefficient (Wildman–Crippen LogP) is 8.02. The summed E-state index contributed by atoms with van der Waals surface area (Å²) in [5.74, 6) is 1.36. The molecule has 0 spiro atoms. The second-order valence-electron chi connectivity index (χ2n) is 14.7. The van der Waals surface area contributed by atoms with Gasteiger partial charge in [0.1, 0.15) is 18.2 Å². The van der Waals surface area contributed by atoms with Crippen LogP contribution in [0.1, 0.15) is 89.8 Å². The Morgan fingerprint density at radius 3 is 2.30 bits per heavy atom. The topological polar surface area (TPSA) is 77.0 Å². The lowest BCUT2D eigenvalue weighted by Gasteiger charge is -2.41. The van der Waals surface area contributed by atoms with Crippen molar-refractivity contribution in [3.63, 3.8) is 0 Å². The molecule has 1 fully saturated rings. The number of benzene rings is 1. The van der Waals surface area contributed by atoms with Gasteiger partial charge in [0, 0.05) is 54.9 Å². The number of hydrogen-bond donors (Lipinski definition) is 0. The van der Waals surface area contributed by atoms with Crippen LogP contribution in [0.25, 0.3) is 11.1 Å². The van der Waals surface area contributed by atoms with Crippen molar-refractivity contribution in [2.45, 2.75) is 99.9 Å². The van der Waals surface area contributed by atoms with Gasteiger partial charge < -0.3 is 24.0 Å². The van der Waals surface area contributed by atoms with Crippen LogP contribution in [-0.2, 0) is 14.3 Å². The van der Waals surface area contributed by atoms with E-state index >= 15 is 0 Å². The van der Waals surface area contributed by atoms with Crippen LogP contribution in [0.15, 0.2) is 42.7 Å². The first-order valence-corrected chi connectivity index (χ1v) is 16.5. The number of hydrogen-bond acceptors (Lipinski definition) is 8. The maximum atomic E-state index is 13.7. The number of aryl methyl sites for hydroxylation is 3. The van der Waals surface area contributed by atoms with E-state index in [4.69, 9.17) is 24.2 Å². The zero-order valence-electron chi connectivity index (χ0n) is 29.9. The number of likely N-dealkylation sites (N-methyl/N-ethyl adjacent to an activating group) is 1. The Morgan fingerprint density at radius 1 is 1.02 bits per heavy atom. The van der Waals surface area contributed by atoms with E-state index in [2.05, 4.69) is 55.7 Å². The zero-order valence-corrected chi connectivity index (χ0v) is 29.9. The van der Waals surface area contributed by atoms with Crippen molar-refractivity contribution in [2.75, 3.05) is 43.1 Å². The lowest BCUT2D eigenvalue weighted by molar-refractivity contribution is -0.171. The van der Waals surface area contributed by atoms with Gasteiger partial charge in [0.2, 0.25) is 0 Å². The summed E-state index contributed by atoms with van der Waals surface area (Å²) in [6.07, 6.45) is 4.70. The van der Waals surface area contributed by atoms with E-state index in [1.807, 2.05) is 73.1 Å². The highest BCUT2D eigenvalue weighted by molar-refractivity contribution is 5.87.